The molecule has 0 saturated carbocycles. The van der Waals surface area contributed by atoms with Crippen molar-refractivity contribution in [3.8, 4) is 0 Å². The maximum absolute atomic E-state index is 12.5. The average molecular weight is 479 g/mol. The van der Waals surface area contributed by atoms with Crippen LogP contribution in [0.3, 0.4) is 0 Å². The predicted octanol–water partition coefficient (Wildman–Crippen LogP) is 1.99. The van der Waals surface area contributed by atoms with Gasteiger partial charge in [0.2, 0.25) is 5.91 Å². The van der Waals surface area contributed by atoms with Crippen LogP contribution in [0.15, 0.2) is 53.7 Å². The van der Waals surface area contributed by atoms with Crippen LogP contribution in [-0.2, 0) is 24.2 Å². The Morgan fingerprint density at radius 3 is 2.67 bits per heavy atom. The van der Waals surface area contributed by atoms with E-state index in [0.717, 1.165) is 25.1 Å². The zero-order valence-electron chi connectivity index (χ0n) is 15.5. The van der Waals surface area contributed by atoms with E-state index in [1.165, 1.54) is 11.1 Å². The summed E-state index contributed by atoms with van der Waals surface area (Å²) in [5, 5.41) is 6.32. The minimum absolute atomic E-state index is 0. The summed E-state index contributed by atoms with van der Waals surface area (Å²) in [6.07, 6.45) is 3.51. The van der Waals surface area contributed by atoms with E-state index in [4.69, 9.17) is 0 Å². The molecular weight excluding hydrogens is 453 g/mol. The largest absolute Gasteiger partial charge is 0.356 e. The van der Waals surface area contributed by atoms with E-state index >= 15 is 0 Å². The molecular formula is C20H26IN5O. The Morgan fingerprint density at radius 1 is 1.15 bits per heavy atom. The Labute approximate surface area is 177 Å². The first-order valence-corrected chi connectivity index (χ1v) is 8.95. The first-order chi connectivity index (χ1) is 12.8. The van der Waals surface area contributed by atoms with Crippen molar-refractivity contribution in [2.75, 3.05) is 26.7 Å². The van der Waals surface area contributed by atoms with Gasteiger partial charge in [0, 0.05) is 45.0 Å². The van der Waals surface area contributed by atoms with Gasteiger partial charge in [0.1, 0.15) is 0 Å². The number of carbonyl (C=O) groups excluding carboxylic acids is 1. The van der Waals surface area contributed by atoms with Crippen LogP contribution in [0.1, 0.15) is 16.8 Å². The van der Waals surface area contributed by atoms with E-state index in [1.54, 1.807) is 13.2 Å². The molecule has 2 aromatic rings. The molecule has 27 heavy (non-hydrogen) atoms. The van der Waals surface area contributed by atoms with Gasteiger partial charge in [-0.2, -0.15) is 0 Å². The van der Waals surface area contributed by atoms with Crippen LogP contribution >= 0.6 is 24.0 Å². The number of guanidine groups is 1. The summed E-state index contributed by atoms with van der Waals surface area (Å²) in [6, 6.07) is 14.2. The first kappa shape index (κ1) is 21.1. The van der Waals surface area contributed by atoms with E-state index < -0.39 is 0 Å². The lowest BCUT2D eigenvalue weighted by Gasteiger charge is -2.29. The minimum Gasteiger partial charge on any atom is -0.356 e. The summed E-state index contributed by atoms with van der Waals surface area (Å²) in [4.78, 5) is 22.9. The van der Waals surface area contributed by atoms with Gasteiger partial charge in [0.15, 0.2) is 5.96 Å². The van der Waals surface area contributed by atoms with Gasteiger partial charge < -0.3 is 15.5 Å². The van der Waals surface area contributed by atoms with Gasteiger partial charge in [-0.25, -0.2) is 0 Å². The summed E-state index contributed by atoms with van der Waals surface area (Å²) in [7, 11) is 1.71. The van der Waals surface area contributed by atoms with Gasteiger partial charge in [0.05, 0.1) is 6.54 Å². The summed E-state index contributed by atoms with van der Waals surface area (Å²) in [5.41, 5.74) is 3.61. The van der Waals surface area contributed by atoms with Gasteiger partial charge in [0.25, 0.3) is 0 Å². The predicted molar refractivity (Wildman–Crippen MR) is 118 cm³/mol. The molecule has 1 aromatic heterocycles. The monoisotopic (exact) mass is 479 g/mol. The highest BCUT2D eigenvalue weighted by Crippen LogP contribution is 2.18. The minimum atomic E-state index is 0. The van der Waals surface area contributed by atoms with Crippen LogP contribution in [0.4, 0.5) is 0 Å². The number of benzene rings is 1. The number of aromatic nitrogens is 1. The Morgan fingerprint density at radius 2 is 1.93 bits per heavy atom. The number of aliphatic imine (C=N–C) groups is 1. The normalized spacial score (nSPS) is 13.4. The van der Waals surface area contributed by atoms with Crippen molar-refractivity contribution >= 4 is 35.8 Å². The van der Waals surface area contributed by atoms with Crippen molar-refractivity contribution in [1.82, 2.24) is 20.5 Å². The topological polar surface area (TPSA) is 69.6 Å². The number of carbonyl (C=O) groups is 1. The Bertz CT molecular complexity index is 766. The average Bonchev–Trinajstić information content (AvgIpc) is 2.70. The molecule has 1 amide bonds. The van der Waals surface area contributed by atoms with Crippen LogP contribution in [-0.4, -0.2) is 48.4 Å². The summed E-state index contributed by atoms with van der Waals surface area (Å²) >= 11 is 0. The molecule has 0 aliphatic carbocycles. The fourth-order valence-corrected chi connectivity index (χ4v) is 3.06. The van der Waals surface area contributed by atoms with Crippen molar-refractivity contribution in [2.45, 2.75) is 19.4 Å². The molecule has 0 bridgehead atoms. The third-order valence-corrected chi connectivity index (χ3v) is 4.51. The SMILES string of the molecule is CN=C(NCCc1ccccn1)NCC(=O)N1CCc2ccccc2C1.I. The molecule has 1 aliphatic heterocycles. The molecule has 0 atom stereocenters. The standard InChI is InChI=1S/C20H25N5O.HI/c1-21-20(23-12-9-18-8-4-5-11-22-18)24-14-19(26)25-13-10-16-6-2-3-7-17(16)15-25;/h2-8,11H,9-10,12-15H2,1H3,(H2,21,23,24);1H. The van der Waals surface area contributed by atoms with Gasteiger partial charge >= 0.3 is 0 Å². The number of nitrogens with one attached hydrogen (secondary N) is 2. The zero-order valence-corrected chi connectivity index (χ0v) is 17.8. The smallest absolute Gasteiger partial charge is 0.242 e. The molecule has 3 rings (SSSR count). The molecule has 1 aliphatic rings. The van der Waals surface area contributed by atoms with Crippen molar-refractivity contribution in [2.24, 2.45) is 4.99 Å². The lowest BCUT2D eigenvalue weighted by molar-refractivity contribution is -0.130. The molecule has 144 valence electrons. The molecule has 7 heteroatoms. The van der Waals surface area contributed by atoms with E-state index in [1.807, 2.05) is 29.2 Å². The quantitative estimate of drug-likeness (QED) is 0.391. The lowest BCUT2D eigenvalue weighted by atomic mass is 10.00. The highest BCUT2D eigenvalue weighted by atomic mass is 127. The molecule has 0 fully saturated rings. The molecule has 0 spiro atoms. The highest BCUT2D eigenvalue weighted by Gasteiger charge is 2.20. The number of hydrogen-bond donors (Lipinski definition) is 2. The van der Waals surface area contributed by atoms with E-state index in [2.05, 4.69) is 38.8 Å². The van der Waals surface area contributed by atoms with E-state index in [0.29, 0.717) is 19.0 Å². The van der Waals surface area contributed by atoms with Crippen LogP contribution in [0.2, 0.25) is 0 Å². The van der Waals surface area contributed by atoms with Crippen molar-refractivity contribution in [3.05, 3.63) is 65.5 Å². The van der Waals surface area contributed by atoms with E-state index in [-0.39, 0.29) is 36.4 Å². The highest BCUT2D eigenvalue weighted by molar-refractivity contribution is 14.0. The Kier molecular flexibility index (Phi) is 8.50. The molecule has 0 unspecified atom stereocenters. The summed E-state index contributed by atoms with van der Waals surface area (Å²) in [6.45, 7) is 2.40. The van der Waals surface area contributed by atoms with Crippen molar-refractivity contribution in [1.29, 1.82) is 0 Å². The zero-order chi connectivity index (χ0) is 18.2. The van der Waals surface area contributed by atoms with Crippen LogP contribution < -0.4 is 10.6 Å². The first-order valence-electron chi connectivity index (χ1n) is 8.95. The van der Waals surface area contributed by atoms with Gasteiger partial charge in [-0.15, -0.1) is 24.0 Å². The molecule has 0 saturated heterocycles. The number of hydrogen-bond acceptors (Lipinski definition) is 3. The van der Waals surface area contributed by atoms with Crippen LogP contribution in [0.25, 0.3) is 0 Å². The number of pyridine rings is 1. The maximum Gasteiger partial charge on any atom is 0.242 e. The summed E-state index contributed by atoms with van der Waals surface area (Å²) < 4.78 is 0. The number of nitrogens with zero attached hydrogens (tertiary/aromatic N) is 3. The third-order valence-electron chi connectivity index (χ3n) is 4.51. The lowest BCUT2D eigenvalue weighted by Crippen LogP contribution is -2.46. The van der Waals surface area contributed by atoms with Crippen LogP contribution in [0, 0.1) is 0 Å². The second kappa shape index (κ2) is 10.9. The second-order valence-corrected chi connectivity index (χ2v) is 6.26. The van der Waals surface area contributed by atoms with Crippen molar-refractivity contribution < 1.29 is 4.79 Å². The van der Waals surface area contributed by atoms with Gasteiger partial charge in [-0.05, 0) is 29.7 Å². The molecule has 2 heterocycles. The second-order valence-electron chi connectivity index (χ2n) is 6.26. The Balaban J connectivity index is 0.00000261. The number of amides is 1. The number of halogens is 1. The van der Waals surface area contributed by atoms with Gasteiger partial charge in [-0.3, -0.25) is 14.8 Å². The third kappa shape index (κ3) is 6.20. The number of fused-ring (bicyclic) bond motifs is 1. The fraction of sp³-hybridized carbons (Fsp3) is 0.350. The number of rotatable bonds is 5. The van der Waals surface area contributed by atoms with E-state index in [9.17, 15) is 4.79 Å². The van der Waals surface area contributed by atoms with Crippen molar-refractivity contribution in [3.63, 3.8) is 0 Å². The molecule has 1 aromatic carbocycles. The van der Waals surface area contributed by atoms with Gasteiger partial charge in [-0.1, -0.05) is 30.3 Å². The summed E-state index contributed by atoms with van der Waals surface area (Å²) in [5.74, 6) is 0.721. The maximum atomic E-state index is 12.5. The fourth-order valence-electron chi connectivity index (χ4n) is 3.06. The van der Waals surface area contributed by atoms with Crippen LogP contribution in [0.5, 0.6) is 0 Å². The Hall–Kier alpha value is -2.16. The molecule has 0 radical (unpaired) electrons. The molecule has 2 N–H and O–H groups in total. The molecule has 6 nitrogen and oxygen atoms in total.